The van der Waals surface area contributed by atoms with Crippen molar-refractivity contribution in [1.29, 1.82) is 0 Å². The second-order valence-corrected chi connectivity index (χ2v) is 13.0. The van der Waals surface area contributed by atoms with Gasteiger partial charge in [0.05, 0.1) is 23.0 Å². The summed E-state index contributed by atoms with van der Waals surface area (Å²) in [4.78, 5) is 30.3. The van der Waals surface area contributed by atoms with Gasteiger partial charge in [0.1, 0.15) is 34.7 Å². The normalized spacial score (nSPS) is 22.5. The van der Waals surface area contributed by atoms with Gasteiger partial charge in [-0.25, -0.2) is 9.59 Å². The molecule has 2 saturated heterocycles. The lowest BCUT2D eigenvalue weighted by molar-refractivity contribution is -0.0619. The minimum absolute atomic E-state index is 0.301. The molecule has 0 aromatic carbocycles. The molecule has 0 radical (unpaired) electrons. The van der Waals surface area contributed by atoms with E-state index < -0.39 is 46.9 Å². The van der Waals surface area contributed by atoms with Crippen molar-refractivity contribution in [1.82, 2.24) is 9.80 Å². The molecule has 0 bridgehead atoms. The summed E-state index contributed by atoms with van der Waals surface area (Å²) in [5.74, 6) is 12.6. The van der Waals surface area contributed by atoms with Crippen LogP contribution in [0.5, 0.6) is 0 Å². The number of hydrogen-bond donors (Lipinski definition) is 0. The van der Waals surface area contributed by atoms with Crippen molar-refractivity contribution in [3.63, 3.8) is 0 Å². The Balaban J connectivity index is 1.74. The molecule has 2 amide bonds. The van der Waals surface area contributed by atoms with Crippen LogP contribution in [-0.2, 0) is 18.9 Å². The molecule has 0 N–H and O–H groups in total. The number of thiophene rings is 1. The van der Waals surface area contributed by atoms with E-state index in [-0.39, 0.29) is 0 Å². The third-order valence-corrected chi connectivity index (χ3v) is 6.40. The highest BCUT2D eigenvalue weighted by molar-refractivity contribution is 7.13. The molecule has 1 aromatic heterocycles. The molecule has 9 heteroatoms. The van der Waals surface area contributed by atoms with Gasteiger partial charge in [-0.2, -0.15) is 0 Å². The standard InChI is InChI=1S/C28H38N2O6S/c1-25(2,3)35-23(31)29-19(17-33-27(29,7)8)11-13-21-15-16-22(37-21)14-12-20-18-34-28(9,10)30(20)24(32)36-26(4,5)6/h15-16,19-20H,17-18H2,1-10H3/t19-,20-/m1/s1. The number of carbonyl (C=O) groups is 2. The van der Waals surface area contributed by atoms with Crippen molar-refractivity contribution in [3.05, 3.63) is 21.9 Å². The van der Waals surface area contributed by atoms with Gasteiger partial charge in [0.15, 0.2) is 0 Å². The number of nitrogens with zero attached hydrogens (tertiary/aromatic N) is 2. The minimum atomic E-state index is -0.815. The van der Waals surface area contributed by atoms with Gasteiger partial charge in [-0.3, -0.25) is 9.80 Å². The van der Waals surface area contributed by atoms with E-state index >= 15 is 0 Å². The van der Waals surface area contributed by atoms with Gasteiger partial charge in [-0.15, -0.1) is 11.3 Å². The topological polar surface area (TPSA) is 77.5 Å². The number of carbonyl (C=O) groups excluding carboxylic acids is 2. The summed E-state index contributed by atoms with van der Waals surface area (Å²) in [5.41, 5.74) is -2.86. The highest BCUT2D eigenvalue weighted by Gasteiger charge is 2.46. The van der Waals surface area contributed by atoms with Crippen LogP contribution < -0.4 is 0 Å². The maximum Gasteiger partial charge on any atom is 0.413 e. The van der Waals surface area contributed by atoms with Gasteiger partial charge in [0.2, 0.25) is 0 Å². The van der Waals surface area contributed by atoms with Crippen molar-refractivity contribution in [3.8, 4) is 23.7 Å². The van der Waals surface area contributed by atoms with Crippen LogP contribution in [0.2, 0.25) is 0 Å². The lowest BCUT2D eigenvalue weighted by Crippen LogP contribution is -2.49. The quantitative estimate of drug-likeness (QED) is 0.430. The van der Waals surface area contributed by atoms with Crippen molar-refractivity contribution >= 4 is 23.5 Å². The summed E-state index contributed by atoms with van der Waals surface area (Å²) < 4.78 is 22.8. The van der Waals surface area contributed by atoms with Crippen LogP contribution in [0.25, 0.3) is 0 Å². The molecule has 2 aliphatic heterocycles. The first-order valence-electron chi connectivity index (χ1n) is 12.3. The average Bonchev–Trinajstić information content (AvgIpc) is 3.36. The molecule has 8 nitrogen and oxygen atoms in total. The van der Waals surface area contributed by atoms with E-state index in [0.717, 1.165) is 9.75 Å². The molecular formula is C28H38N2O6S. The fourth-order valence-electron chi connectivity index (χ4n) is 3.91. The number of hydrogen-bond acceptors (Lipinski definition) is 7. The number of amides is 2. The zero-order chi connectivity index (χ0) is 27.8. The fourth-order valence-corrected chi connectivity index (χ4v) is 4.64. The third kappa shape index (κ3) is 7.41. The monoisotopic (exact) mass is 530 g/mol. The first-order chi connectivity index (χ1) is 16.9. The molecule has 0 spiro atoms. The average molecular weight is 531 g/mol. The molecule has 0 unspecified atom stereocenters. The van der Waals surface area contributed by atoms with Crippen LogP contribution in [0.4, 0.5) is 9.59 Å². The summed E-state index contributed by atoms with van der Waals surface area (Å²) >= 11 is 1.44. The van der Waals surface area contributed by atoms with E-state index in [0.29, 0.717) is 13.2 Å². The van der Waals surface area contributed by atoms with E-state index in [1.165, 1.54) is 11.3 Å². The van der Waals surface area contributed by atoms with Crippen LogP contribution in [0.3, 0.4) is 0 Å². The molecule has 1 aromatic rings. The summed E-state index contributed by atoms with van der Waals surface area (Å²) in [6.45, 7) is 18.9. The predicted octanol–water partition coefficient (Wildman–Crippen LogP) is 5.20. The molecule has 2 atom stereocenters. The highest BCUT2D eigenvalue weighted by atomic mass is 32.1. The second kappa shape index (κ2) is 10.2. The van der Waals surface area contributed by atoms with Gasteiger partial charge in [-0.1, -0.05) is 23.7 Å². The van der Waals surface area contributed by atoms with Crippen LogP contribution in [0.15, 0.2) is 12.1 Å². The van der Waals surface area contributed by atoms with Crippen LogP contribution in [0, 0.1) is 23.7 Å². The Morgan fingerprint density at radius 2 is 1.16 bits per heavy atom. The molecule has 3 rings (SSSR count). The van der Waals surface area contributed by atoms with E-state index in [2.05, 4.69) is 23.7 Å². The summed E-state index contributed by atoms with van der Waals surface area (Å²) in [6.07, 6.45) is -0.911. The van der Waals surface area contributed by atoms with E-state index in [1.54, 1.807) is 9.80 Å². The maximum absolute atomic E-state index is 12.8. The molecule has 0 saturated carbocycles. The van der Waals surface area contributed by atoms with Crippen LogP contribution in [-0.4, -0.2) is 69.9 Å². The smallest absolute Gasteiger partial charge is 0.413 e. The largest absolute Gasteiger partial charge is 0.444 e. The Kier molecular flexibility index (Phi) is 7.96. The van der Waals surface area contributed by atoms with Crippen LogP contribution >= 0.6 is 11.3 Å². The summed E-state index contributed by atoms with van der Waals surface area (Å²) in [5, 5.41) is 0. The molecule has 2 fully saturated rings. The van der Waals surface area contributed by atoms with E-state index in [9.17, 15) is 9.59 Å². The molecule has 2 aliphatic rings. The van der Waals surface area contributed by atoms with Crippen molar-refractivity contribution in [2.45, 2.75) is 104 Å². The summed E-state index contributed by atoms with van der Waals surface area (Å²) in [7, 11) is 0. The molecule has 0 aliphatic carbocycles. The van der Waals surface area contributed by atoms with Gasteiger partial charge in [0, 0.05) is 0 Å². The van der Waals surface area contributed by atoms with Gasteiger partial charge in [0.25, 0.3) is 0 Å². The molecular weight excluding hydrogens is 492 g/mol. The first-order valence-corrected chi connectivity index (χ1v) is 13.2. The molecule has 202 valence electrons. The molecule has 3 heterocycles. The second-order valence-electron chi connectivity index (χ2n) is 12.0. The zero-order valence-corrected chi connectivity index (χ0v) is 24.3. The highest BCUT2D eigenvalue weighted by Crippen LogP contribution is 2.30. The molecule has 37 heavy (non-hydrogen) atoms. The lowest BCUT2D eigenvalue weighted by atomic mass is 10.2. The van der Waals surface area contributed by atoms with Gasteiger partial charge >= 0.3 is 12.2 Å². The predicted molar refractivity (Wildman–Crippen MR) is 142 cm³/mol. The van der Waals surface area contributed by atoms with Crippen molar-refractivity contribution in [2.24, 2.45) is 0 Å². The van der Waals surface area contributed by atoms with Crippen molar-refractivity contribution < 1.29 is 28.5 Å². The lowest BCUT2D eigenvalue weighted by Gasteiger charge is -2.33. The number of ether oxygens (including phenoxy) is 4. The van der Waals surface area contributed by atoms with Gasteiger partial charge < -0.3 is 18.9 Å². The minimum Gasteiger partial charge on any atom is -0.444 e. The van der Waals surface area contributed by atoms with E-state index in [1.807, 2.05) is 81.4 Å². The van der Waals surface area contributed by atoms with Crippen molar-refractivity contribution in [2.75, 3.05) is 13.2 Å². The van der Waals surface area contributed by atoms with E-state index in [4.69, 9.17) is 18.9 Å². The third-order valence-electron chi connectivity index (χ3n) is 5.48. The Morgan fingerprint density at radius 3 is 1.49 bits per heavy atom. The Hall–Kier alpha value is -2.72. The Morgan fingerprint density at radius 1 is 0.811 bits per heavy atom. The first kappa shape index (κ1) is 28.8. The zero-order valence-electron chi connectivity index (χ0n) is 23.5. The number of rotatable bonds is 0. The maximum atomic E-state index is 12.8. The Labute approximate surface area is 224 Å². The van der Waals surface area contributed by atoms with Crippen LogP contribution in [0.1, 0.15) is 79.0 Å². The fraction of sp³-hybridized carbons (Fsp3) is 0.643. The Bertz CT molecular complexity index is 1060. The SMILES string of the molecule is CC(C)(C)OC(=O)N1[C@H](C#Cc2ccc(C#C[C@@H]3COC(C)(C)N3C(=O)OC(C)(C)C)s2)COC1(C)C. The summed E-state index contributed by atoms with van der Waals surface area (Å²) in [6, 6.07) is 2.92. The van der Waals surface area contributed by atoms with Gasteiger partial charge in [-0.05, 0) is 81.4 Å².